The predicted octanol–water partition coefficient (Wildman–Crippen LogP) is 1.86. The molecule has 1 aromatic rings. The van der Waals surface area contributed by atoms with Crippen LogP contribution in [0.2, 0.25) is 0 Å². The zero-order chi connectivity index (χ0) is 12.1. The Kier molecular flexibility index (Phi) is 4.09. The summed E-state index contributed by atoms with van der Waals surface area (Å²) in [4.78, 5) is 15.8. The number of carbonyl (C=O) groups is 1. The van der Waals surface area contributed by atoms with E-state index < -0.39 is 0 Å². The van der Waals surface area contributed by atoms with E-state index in [1.54, 1.807) is 6.20 Å². The van der Waals surface area contributed by atoms with E-state index in [0.29, 0.717) is 12.5 Å². The van der Waals surface area contributed by atoms with Crippen LogP contribution in [-0.4, -0.2) is 23.5 Å². The quantitative estimate of drug-likeness (QED) is 0.834. The predicted molar refractivity (Wildman–Crippen MR) is 67.9 cm³/mol. The van der Waals surface area contributed by atoms with Gasteiger partial charge in [0.15, 0.2) is 0 Å². The number of aryl methyl sites for hydroxylation is 1. The minimum Gasteiger partial charge on any atom is -0.326 e. The Morgan fingerprint density at radius 3 is 3.24 bits per heavy atom. The van der Waals surface area contributed by atoms with Crippen LogP contribution in [0, 0.1) is 6.92 Å². The van der Waals surface area contributed by atoms with Gasteiger partial charge in [-0.05, 0) is 44.9 Å². The van der Waals surface area contributed by atoms with Crippen LogP contribution >= 0.6 is 0 Å². The monoisotopic (exact) mass is 233 g/mol. The van der Waals surface area contributed by atoms with E-state index in [0.717, 1.165) is 24.3 Å². The SMILES string of the molecule is Cc1cc(NC(=O)CCC2CCCN2)ccn1. The summed E-state index contributed by atoms with van der Waals surface area (Å²) in [7, 11) is 0. The second-order valence-electron chi connectivity index (χ2n) is 4.57. The Balaban J connectivity index is 1.76. The van der Waals surface area contributed by atoms with Crippen molar-refractivity contribution in [1.82, 2.24) is 10.3 Å². The zero-order valence-electron chi connectivity index (χ0n) is 10.2. The molecule has 1 aliphatic heterocycles. The molecule has 2 N–H and O–H groups in total. The van der Waals surface area contributed by atoms with Crippen LogP contribution in [0.25, 0.3) is 0 Å². The van der Waals surface area contributed by atoms with Gasteiger partial charge in [0.05, 0.1) is 0 Å². The van der Waals surface area contributed by atoms with Gasteiger partial charge >= 0.3 is 0 Å². The molecule has 1 amide bonds. The van der Waals surface area contributed by atoms with E-state index >= 15 is 0 Å². The minimum absolute atomic E-state index is 0.0873. The molecule has 1 unspecified atom stereocenters. The second kappa shape index (κ2) is 5.77. The highest BCUT2D eigenvalue weighted by atomic mass is 16.1. The average molecular weight is 233 g/mol. The van der Waals surface area contributed by atoms with Gasteiger partial charge in [0, 0.05) is 30.0 Å². The van der Waals surface area contributed by atoms with Crippen LogP contribution in [0.1, 0.15) is 31.4 Å². The van der Waals surface area contributed by atoms with Crippen molar-refractivity contribution >= 4 is 11.6 Å². The molecule has 0 aromatic carbocycles. The normalized spacial score (nSPS) is 19.2. The smallest absolute Gasteiger partial charge is 0.224 e. The Bertz CT molecular complexity index is 386. The van der Waals surface area contributed by atoms with Gasteiger partial charge in [-0.1, -0.05) is 0 Å². The van der Waals surface area contributed by atoms with Crippen molar-refractivity contribution in [2.45, 2.75) is 38.6 Å². The number of rotatable bonds is 4. The van der Waals surface area contributed by atoms with Crippen molar-refractivity contribution in [1.29, 1.82) is 0 Å². The number of nitrogens with zero attached hydrogens (tertiary/aromatic N) is 1. The summed E-state index contributed by atoms with van der Waals surface area (Å²) in [5.41, 5.74) is 1.75. The average Bonchev–Trinajstić information content (AvgIpc) is 2.79. The summed E-state index contributed by atoms with van der Waals surface area (Å²) in [6.07, 6.45) is 5.65. The third-order valence-corrected chi connectivity index (χ3v) is 3.06. The number of hydrogen-bond donors (Lipinski definition) is 2. The number of aromatic nitrogens is 1. The zero-order valence-corrected chi connectivity index (χ0v) is 10.2. The van der Waals surface area contributed by atoms with Gasteiger partial charge in [0.1, 0.15) is 0 Å². The standard InChI is InChI=1S/C13H19N3O/c1-10-9-12(6-8-14-10)16-13(17)5-4-11-3-2-7-15-11/h6,8-9,11,15H,2-5,7H2,1H3,(H,14,16,17). The van der Waals surface area contributed by atoms with Crippen LogP contribution in [-0.2, 0) is 4.79 Å². The van der Waals surface area contributed by atoms with Crippen LogP contribution < -0.4 is 10.6 Å². The summed E-state index contributed by atoms with van der Waals surface area (Å²) < 4.78 is 0. The van der Waals surface area contributed by atoms with Crippen LogP contribution in [0.5, 0.6) is 0 Å². The molecule has 17 heavy (non-hydrogen) atoms. The molecule has 1 atom stereocenters. The third kappa shape index (κ3) is 3.82. The highest BCUT2D eigenvalue weighted by Crippen LogP contribution is 2.12. The van der Waals surface area contributed by atoms with Crippen molar-refractivity contribution < 1.29 is 4.79 Å². The van der Waals surface area contributed by atoms with Crippen molar-refractivity contribution in [2.24, 2.45) is 0 Å². The van der Waals surface area contributed by atoms with E-state index in [1.165, 1.54) is 12.8 Å². The molecule has 2 rings (SSSR count). The van der Waals surface area contributed by atoms with Gasteiger partial charge in [0.2, 0.25) is 5.91 Å². The largest absolute Gasteiger partial charge is 0.326 e. The fourth-order valence-corrected chi connectivity index (χ4v) is 2.16. The molecule has 1 fully saturated rings. The fraction of sp³-hybridized carbons (Fsp3) is 0.538. The van der Waals surface area contributed by atoms with Gasteiger partial charge in [-0.15, -0.1) is 0 Å². The van der Waals surface area contributed by atoms with Gasteiger partial charge in [-0.2, -0.15) is 0 Å². The summed E-state index contributed by atoms with van der Waals surface area (Å²) in [6, 6.07) is 4.23. The third-order valence-electron chi connectivity index (χ3n) is 3.06. The van der Waals surface area contributed by atoms with E-state index in [2.05, 4.69) is 15.6 Å². The lowest BCUT2D eigenvalue weighted by Crippen LogP contribution is -2.23. The van der Waals surface area contributed by atoms with Crippen LogP contribution in [0.3, 0.4) is 0 Å². The van der Waals surface area contributed by atoms with E-state index in [-0.39, 0.29) is 5.91 Å². The van der Waals surface area contributed by atoms with Gasteiger partial charge in [-0.3, -0.25) is 9.78 Å². The molecule has 0 aliphatic carbocycles. The molecule has 1 aromatic heterocycles. The maximum Gasteiger partial charge on any atom is 0.224 e. The highest BCUT2D eigenvalue weighted by molar-refractivity contribution is 5.90. The molecular formula is C13H19N3O. The fourth-order valence-electron chi connectivity index (χ4n) is 2.16. The van der Waals surface area contributed by atoms with E-state index in [9.17, 15) is 4.79 Å². The molecule has 0 spiro atoms. The molecule has 4 heteroatoms. The Labute approximate surface area is 102 Å². The highest BCUT2D eigenvalue weighted by Gasteiger charge is 2.15. The molecular weight excluding hydrogens is 214 g/mol. The number of pyridine rings is 1. The van der Waals surface area contributed by atoms with Gasteiger partial charge in [0.25, 0.3) is 0 Å². The number of hydrogen-bond acceptors (Lipinski definition) is 3. The number of anilines is 1. The van der Waals surface area contributed by atoms with Gasteiger partial charge in [-0.25, -0.2) is 0 Å². The van der Waals surface area contributed by atoms with Crippen LogP contribution in [0.15, 0.2) is 18.3 Å². The molecule has 1 saturated heterocycles. The topological polar surface area (TPSA) is 54.0 Å². The maximum absolute atomic E-state index is 11.7. The summed E-state index contributed by atoms with van der Waals surface area (Å²) in [5.74, 6) is 0.0873. The molecule has 92 valence electrons. The number of carbonyl (C=O) groups excluding carboxylic acids is 1. The van der Waals surface area contributed by atoms with Crippen molar-refractivity contribution in [3.8, 4) is 0 Å². The number of amides is 1. The van der Waals surface area contributed by atoms with Crippen LogP contribution in [0.4, 0.5) is 5.69 Å². The lowest BCUT2D eigenvalue weighted by molar-refractivity contribution is -0.116. The first kappa shape index (κ1) is 12.0. The Hall–Kier alpha value is -1.42. The molecule has 1 aliphatic rings. The van der Waals surface area contributed by atoms with E-state index in [1.807, 2.05) is 19.1 Å². The lowest BCUT2D eigenvalue weighted by Gasteiger charge is -2.10. The first-order valence-corrected chi connectivity index (χ1v) is 6.20. The minimum atomic E-state index is 0.0873. The first-order valence-electron chi connectivity index (χ1n) is 6.20. The summed E-state index contributed by atoms with van der Waals surface area (Å²) >= 11 is 0. The van der Waals surface area contributed by atoms with Crippen molar-refractivity contribution in [3.63, 3.8) is 0 Å². The van der Waals surface area contributed by atoms with Crippen molar-refractivity contribution in [3.05, 3.63) is 24.0 Å². The van der Waals surface area contributed by atoms with Crippen molar-refractivity contribution in [2.75, 3.05) is 11.9 Å². The summed E-state index contributed by atoms with van der Waals surface area (Å²) in [5, 5.41) is 6.29. The molecule has 0 radical (unpaired) electrons. The van der Waals surface area contributed by atoms with Gasteiger partial charge < -0.3 is 10.6 Å². The Morgan fingerprint density at radius 2 is 2.53 bits per heavy atom. The second-order valence-corrected chi connectivity index (χ2v) is 4.57. The lowest BCUT2D eigenvalue weighted by atomic mass is 10.1. The first-order chi connectivity index (χ1) is 8.24. The molecule has 0 saturated carbocycles. The maximum atomic E-state index is 11.7. The molecule has 4 nitrogen and oxygen atoms in total. The number of nitrogens with one attached hydrogen (secondary N) is 2. The molecule has 0 bridgehead atoms. The molecule has 2 heterocycles. The summed E-state index contributed by atoms with van der Waals surface area (Å²) in [6.45, 7) is 3.01. The van der Waals surface area contributed by atoms with E-state index in [4.69, 9.17) is 0 Å². The Morgan fingerprint density at radius 1 is 1.65 bits per heavy atom.